The third-order valence-corrected chi connectivity index (χ3v) is 8.15. The second kappa shape index (κ2) is 14.8. The number of rotatable bonds is 11. The molecule has 10 heteroatoms. The van der Waals surface area contributed by atoms with E-state index in [2.05, 4.69) is 10.6 Å². The van der Waals surface area contributed by atoms with Gasteiger partial charge in [-0.1, -0.05) is 60.7 Å². The summed E-state index contributed by atoms with van der Waals surface area (Å²) in [5.74, 6) is -1.15. The Morgan fingerprint density at radius 1 is 0.976 bits per heavy atom. The molecule has 0 spiro atoms. The van der Waals surface area contributed by atoms with E-state index in [0.717, 1.165) is 11.1 Å². The van der Waals surface area contributed by atoms with E-state index in [-0.39, 0.29) is 37.1 Å². The second-order valence-electron chi connectivity index (χ2n) is 10.9. The van der Waals surface area contributed by atoms with E-state index in [1.54, 1.807) is 30.7 Å². The van der Waals surface area contributed by atoms with Crippen molar-refractivity contribution in [2.24, 2.45) is 5.92 Å². The number of carbonyl (C=O) groups is 4. The highest BCUT2D eigenvalue weighted by molar-refractivity contribution is 5.89. The molecule has 2 fully saturated rings. The normalized spacial score (nSPS) is 21.2. The van der Waals surface area contributed by atoms with Crippen molar-refractivity contribution in [2.45, 2.75) is 70.3 Å². The summed E-state index contributed by atoms with van der Waals surface area (Å²) in [6.07, 6.45) is 2.21. The number of amides is 3. The third-order valence-electron chi connectivity index (χ3n) is 8.15. The summed E-state index contributed by atoms with van der Waals surface area (Å²) >= 11 is 0. The van der Waals surface area contributed by atoms with Crippen LogP contribution in [0.15, 0.2) is 60.7 Å². The van der Waals surface area contributed by atoms with E-state index in [9.17, 15) is 19.2 Å². The Morgan fingerprint density at radius 2 is 1.64 bits per heavy atom. The van der Waals surface area contributed by atoms with Crippen LogP contribution in [0.2, 0.25) is 0 Å². The zero-order valence-corrected chi connectivity index (χ0v) is 24.7. The molecular weight excluding hydrogens is 536 g/mol. The van der Waals surface area contributed by atoms with Gasteiger partial charge in [0.1, 0.15) is 18.7 Å². The molecule has 5 atom stereocenters. The predicted octanol–water partition coefficient (Wildman–Crippen LogP) is 2.90. The lowest BCUT2D eigenvalue weighted by molar-refractivity contribution is -0.157. The van der Waals surface area contributed by atoms with E-state index < -0.39 is 30.1 Å². The topological polar surface area (TPSA) is 117 Å². The maximum Gasteiger partial charge on any atom is 0.329 e. The van der Waals surface area contributed by atoms with Gasteiger partial charge in [-0.3, -0.25) is 14.9 Å². The molecule has 10 nitrogen and oxygen atoms in total. The van der Waals surface area contributed by atoms with Crippen molar-refractivity contribution < 1.29 is 28.7 Å². The minimum absolute atomic E-state index is 0.0512. The van der Waals surface area contributed by atoms with Crippen LogP contribution < -0.4 is 10.6 Å². The van der Waals surface area contributed by atoms with E-state index in [0.29, 0.717) is 38.8 Å². The van der Waals surface area contributed by atoms with Crippen LogP contribution in [0.3, 0.4) is 0 Å². The summed E-state index contributed by atoms with van der Waals surface area (Å²) in [7, 11) is 1.58. The monoisotopic (exact) mass is 578 g/mol. The lowest BCUT2D eigenvalue weighted by Gasteiger charge is -2.40. The smallest absolute Gasteiger partial charge is 0.329 e. The number of ether oxygens (including phenoxy) is 2. The number of nitrogens with zero attached hydrogens (tertiary/aromatic N) is 2. The molecule has 226 valence electrons. The first kappa shape index (κ1) is 31.0. The Bertz CT molecular complexity index is 1210. The van der Waals surface area contributed by atoms with Gasteiger partial charge in [-0.05, 0) is 56.6 Å². The highest BCUT2D eigenvalue weighted by Gasteiger charge is 2.51. The Labute approximate surface area is 247 Å². The Hall–Kier alpha value is -3.92. The molecule has 2 aromatic rings. The zero-order valence-electron chi connectivity index (χ0n) is 24.7. The largest absolute Gasteiger partial charge is 0.465 e. The lowest BCUT2D eigenvalue weighted by Crippen LogP contribution is -2.59. The number of hydrogen-bond donors (Lipinski definition) is 2. The number of benzene rings is 2. The minimum atomic E-state index is -0.784. The van der Waals surface area contributed by atoms with Crippen molar-refractivity contribution in [3.05, 3.63) is 71.8 Å². The van der Waals surface area contributed by atoms with Gasteiger partial charge in [0.15, 0.2) is 0 Å². The van der Waals surface area contributed by atoms with Gasteiger partial charge in [0.25, 0.3) is 0 Å². The van der Waals surface area contributed by atoms with Crippen LogP contribution in [0.25, 0.3) is 0 Å². The number of piperidine rings is 1. The first-order valence-corrected chi connectivity index (χ1v) is 14.8. The third kappa shape index (κ3) is 7.67. The summed E-state index contributed by atoms with van der Waals surface area (Å²) in [6, 6.07) is 16.4. The molecule has 0 radical (unpaired) electrons. The average molecular weight is 579 g/mol. The van der Waals surface area contributed by atoms with Gasteiger partial charge < -0.3 is 24.6 Å². The lowest BCUT2D eigenvalue weighted by atomic mass is 9.91. The zero-order chi connectivity index (χ0) is 30.1. The summed E-state index contributed by atoms with van der Waals surface area (Å²) < 4.78 is 11.0. The van der Waals surface area contributed by atoms with Crippen LogP contribution in [0.5, 0.6) is 0 Å². The van der Waals surface area contributed by atoms with Gasteiger partial charge in [0.05, 0.1) is 18.7 Å². The highest BCUT2D eigenvalue weighted by atomic mass is 16.5. The number of hydrogen-bond acceptors (Lipinski definition) is 7. The van der Waals surface area contributed by atoms with Gasteiger partial charge >= 0.3 is 18.0 Å². The van der Waals surface area contributed by atoms with E-state index in [1.807, 2.05) is 60.7 Å². The molecule has 0 bridgehead atoms. The Kier molecular flexibility index (Phi) is 10.9. The molecule has 2 aliphatic rings. The first-order chi connectivity index (χ1) is 20.3. The first-order valence-electron chi connectivity index (χ1n) is 14.8. The minimum Gasteiger partial charge on any atom is -0.465 e. The van der Waals surface area contributed by atoms with Gasteiger partial charge in [0, 0.05) is 20.1 Å². The molecule has 0 saturated carbocycles. The Morgan fingerprint density at radius 3 is 2.29 bits per heavy atom. The summed E-state index contributed by atoms with van der Waals surface area (Å²) in [4.78, 5) is 56.2. The van der Waals surface area contributed by atoms with Crippen molar-refractivity contribution in [3.63, 3.8) is 0 Å². The molecule has 2 saturated heterocycles. The molecule has 3 amide bonds. The summed E-state index contributed by atoms with van der Waals surface area (Å²) in [5, 5.41) is 5.86. The van der Waals surface area contributed by atoms with Crippen LogP contribution in [0.4, 0.5) is 4.79 Å². The van der Waals surface area contributed by atoms with Crippen molar-refractivity contribution >= 4 is 23.9 Å². The molecule has 42 heavy (non-hydrogen) atoms. The number of carbonyl (C=O) groups excluding carboxylic acids is 4. The second-order valence-corrected chi connectivity index (χ2v) is 10.9. The van der Waals surface area contributed by atoms with Crippen LogP contribution in [-0.2, 0) is 36.9 Å². The van der Waals surface area contributed by atoms with Crippen molar-refractivity contribution in [1.29, 1.82) is 0 Å². The van der Waals surface area contributed by atoms with Gasteiger partial charge in [-0.25, -0.2) is 9.59 Å². The van der Waals surface area contributed by atoms with E-state index >= 15 is 0 Å². The standard InChI is InChI=1S/C32H42N4O6/c1-4-41-30(38)26(16-15-23-11-7-5-8-12-23)34-22(2)29(37)36-27(31(39)42-21-24-13-9-6-10-14-24)19-25-17-18-35(20-28(25)36)32(40)33-3/h5-14,22,25-28,34H,4,15-21H2,1-3H3,(H,33,40). The van der Waals surface area contributed by atoms with Crippen LogP contribution >= 0.6 is 0 Å². The quantitative estimate of drug-likeness (QED) is 0.394. The number of likely N-dealkylation sites (tertiary alicyclic amines) is 2. The van der Waals surface area contributed by atoms with Crippen LogP contribution in [0.1, 0.15) is 44.2 Å². The number of urea groups is 1. The molecule has 2 aromatic carbocycles. The molecule has 2 N–H and O–H groups in total. The fourth-order valence-electron chi connectivity index (χ4n) is 5.96. The fraction of sp³-hybridized carbons (Fsp3) is 0.500. The molecular formula is C32H42N4O6. The Balaban J connectivity index is 1.51. The van der Waals surface area contributed by atoms with Crippen molar-refractivity contribution in [2.75, 3.05) is 26.7 Å². The summed E-state index contributed by atoms with van der Waals surface area (Å²) in [5.41, 5.74) is 1.93. The SMILES string of the molecule is CCOC(=O)C(CCc1ccccc1)NC(C)C(=O)N1C(C(=O)OCc2ccccc2)CC2CCN(C(=O)NC)CC21. The molecule has 5 unspecified atom stereocenters. The number of fused-ring (bicyclic) bond motifs is 1. The number of esters is 2. The maximum atomic E-state index is 14.1. The fourth-order valence-corrected chi connectivity index (χ4v) is 5.96. The highest BCUT2D eigenvalue weighted by Crippen LogP contribution is 2.37. The molecule has 4 rings (SSSR count). The van der Waals surface area contributed by atoms with Crippen LogP contribution in [-0.4, -0.2) is 84.6 Å². The summed E-state index contributed by atoms with van der Waals surface area (Å²) in [6.45, 7) is 4.66. The van der Waals surface area contributed by atoms with Crippen LogP contribution in [0, 0.1) is 5.92 Å². The molecule has 0 aliphatic carbocycles. The predicted molar refractivity (Wildman–Crippen MR) is 157 cm³/mol. The maximum absolute atomic E-state index is 14.1. The van der Waals surface area contributed by atoms with Crippen molar-refractivity contribution in [1.82, 2.24) is 20.4 Å². The molecule has 0 aromatic heterocycles. The van der Waals surface area contributed by atoms with Crippen molar-refractivity contribution in [3.8, 4) is 0 Å². The van der Waals surface area contributed by atoms with E-state index in [1.165, 1.54) is 0 Å². The molecule has 2 heterocycles. The van der Waals surface area contributed by atoms with Gasteiger partial charge in [-0.15, -0.1) is 0 Å². The molecule has 2 aliphatic heterocycles. The number of aryl methyl sites for hydroxylation is 1. The average Bonchev–Trinajstić information content (AvgIpc) is 3.41. The van der Waals surface area contributed by atoms with Gasteiger partial charge in [-0.2, -0.15) is 0 Å². The van der Waals surface area contributed by atoms with Gasteiger partial charge in [0.2, 0.25) is 5.91 Å². The number of nitrogens with one attached hydrogen (secondary N) is 2. The van der Waals surface area contributed by atoms with E-state index in [4.69, 9.17) is 9.47 Å².